The number of aliphatic hydroxyl groups excluding tert-OH is 1. The first-order valence-electron chi connectivity index (χ1n) is 42.6. The number of amides is 13. The Labute approximate surface area is 779 Å². The van der Waals surface area contributed by atoms with E-state index in [-0.39, 0.29) is 91.0 Å². The van der Waals surface area contributed by atoms with Gasteiger partial charge in [-0.1, -0.05) is 164 Å². The van der Waals surface area contributed by atoms with E-state index < -0.39 is 191 Å². The number of phenols is 1. The first-order valence-corrected chi connectivity index (χ1v) is 48.0. The number of halogens is 1. The molecule has 5 heterocycles. The van der Waals surface area contributed by atoms with Crippen molar-refractivity contribution in [1.29, 1.82) is 0 Å². The van der Waals surface area contributed by atoms with E-state index in [0.29, 0.717) is 51.7 Å². The third-order valence-electron chi connectivity index (χ3n) is 23.0. The number of rotatable bonds is 29. The van der Waals surface area contributed by atoms with Crippen molar-refractivity contribution in [3.8, 4) is 11.5 Å². The number of phenolic OH excluding ortho intramolecular Hbond substituents is 1. The van der Waals surface area contributed by atoms with Gasteiger partial charge in [0.1, 0.15) is 94.8 Å². The maximum absolute atomic E-state index is 15.4. The van der Waals surface area contributed by atoms with Crippen molar-refractivity contribution in [2.45, 2.75) is 195 Å². The maximum atomic E-state index is 15.4. The molecule has 18 N–H and O–H groups in total. The zero-order valence-electron chi connectivity index (χ0n) is 73.9. The number of hydrogen-bond donors (Lipinski definition) is 16. The van der Waals surface area contributed by atoms with Crippen molar-refractivity contribution in [3.63, 3.8) is 0 Å². The smallest absolute Gasteiger partial charge is 0.409 e. The number of nitrogens with one attached hydrogen (secondary N) is 11. The number of primary amides is 1. The number of aromatic hydroxyl groups is 1. The van der Waals surface area contributed by atoms with Gasteiger partial charge < -0.3 is 113 Å². The van der Waals surface area contributed by atoms with E-state index in [1.54, 1.807) is 135 Å². The zero-order valence-corrected chi connectivity index (χ0v) is 77.9. The van der Waals surface area contributed by atoms with Crippen LogP contribution in [0, 0.1) is 5.92 Å². The van der Waals surface area contributed by atoms with Crippen molar-refractivity contribution in [2.75, 3.05) is 68.1 Å². The Morgan fingerprint density at radius 1 is 0.794 bits per heavy atom. The molecule has 4 bridgehead atoms. The zero-order chi connectivity index (χ0) is 95.0. The quantitative estimate of drug-likeness (QED) is 0.0124. The summed E-state index contributed by atoms with van der Waals surface area (Å²) in [6, 6.07) is 18.8. The van der Waals surface area contributed by atoms with Gasteiger partial charge >= 0.3 is 18.1 Å². The first kappa shape index (κ1) is 102. The van der Waals surface area contributed by atoms with Gasteiger partial charge in [-0.2, -0.15) is 0 Å². The van der Waals surface area contributed by atoms with Gasteiger partial charge in [-0.15, -0.1) is 0 Å². The van der Waals surface area contributed by atoms with Gasteiger partial charge in [0.15, 0.2) is 5.72 Å². The van der Waals surface area contributed by atoms with Crippen LogP contribution in [0.3, 0.4) is 0 Å². The highest BCUT2D eigenvalue weighted by molar-refractivity contribution is 8.77. The lowest BCUT2D eigenvalue weighted by Crippen LogP contribution is -2.63. The number of nitrogens with two attached hydrogens (primary N) is 2. The number of unbranched alkanes of at least 4 members (excludes halogenated alkanes) is 1. The number of hydrogen-bond acceptors (Lipinski definition) is 26. The fourth-order valence-corrected chi connectivity index (χ4v) is 20.0. The number of benzene rings is 5. The molecule has 6 aromatic rings. The van der Waals surface area contributed by atoms with E-state index in [1.165, 1.54) is 71.3 Å². The molecule has 3 saturated heterocycles. The Kier molecular flexibility index (Phi) is 37.3. The molecule has 3 fully saturated rings. The average Bonchev–Trinajstić information content (AvgIpc) is 1.57. The molecule has 0 aliphatic carbocycles. The highest BCUT2D eigenvalue weighted by Crippen LogP contribution is 2.50. The van der Waals surface area contributed by atoms with E-state index in [4.69, 9.17) is 46.8 Å². The summed E-state index contributed by atoms with van der Waals surface area (Å²) in [7, 11) is 9.60. The van der Waals surface area contributed by atoms with Crippen LogP contribution in [0.1, 0.15) is 95.4 Å². The molecule has 0 spiro atoms. The number of epoxide rings is 1. The predicted molar refractivity (Wildman–Crippen MR) is 499 cm³/mol. The number of carbonyl (C=O) groups is 13. The van der Waals surface area contributed by atoms with Crippen LogP contribution in [0.15, 0.2) is 151 Å². The summed E-state index contributed by atoms with van der Waals surface area (Å²) in [5, 5.41) is 61.4. The van der Waals surface area contributed by atoms with Crippen LogP contribution in [0.2, 0.25) is 5.02 Å². The Hall–Kier alpha value is -11.1. The van der Waals surface area contributed by atoms with Crippen molar-refractivity contribution >= 4 is 154 Å². The minimum Gasteiger partial charge on any atom is -0.508 e. The highest BCUT2D eigenvalue weighted by Gasteiger charge is 2.65. The third-order valence-corrected chi connectivity index (χ3v) is 28.3. The maximum Gasteiger partial charge on any atom is 0.409 e. The molecule has 0 unspecified atom stereocenters. The minimum absolute atomic E-state index is 0.0495. The van der Waals surface area contributed by atoms with E-state index in [0.717, 1.165) is 53.6 Å². The second kappa shape index (κ2) is 47.8. The SMILES string of the molecule is COc1cc2cc(c1Cl)N(C)C(=O)C[C@H](OC(=O)[C@H](C)N(C)C(=O)CCSSC[C@H](NC(=O)[C@@H]1CSSC[C@H](NC(=O)[C@@H](Cc3ccccc3)NC(=O)Nc3ccccc3)C(=O)N[C@@H](Cc3ccc(O)cc3)C(=O)N[C@H](Cc3c[nH]c4ccccc34)C(=O)N[C@@H](CCCCN)C(=O)N[C@@H]([C@@H](C)O)C(=O)N1)C(N)=O)[C@]1(C)O[C@H]1[C@H](C)[C@@H]1C[C@@](O)(NC(=O)O1)[C@H](OC)/C=C/C=C(\C)C2. The standard InChI is InChI=1S/C90H114ClN15O21S4/c1-49-21-20-29-71(124-9)90(122)44-70(125-88(121)104-90)50(2)77-89(5,127-77)72(43-74(110)106(7)68-40-55(37-49)41-69(123-8)75(68)91)126-86(119)51(3)105(6)73(109)34-36-128-129-46-65(78(93)111)99-84(117)67-48-131-130-47-66(100-81(114)63(38-53-22-12-10-13-23-53)102-87(120)95-57-24-14-11-15-25-57)83(116)97-62(39-54-30-32-58(108)33-31-54)80(113)98-64(42-56-45-94-60-27-17-16-26-59(56)60)82(115)96-61(28-18-19-35-92)79(112)103-76(52(4)107)85(118)101-67/h10-17,20-27,29-33,40-41,45,50-52,61-67,70-72,76-77,94,107-108,122H,18-19,28,34-39,42-44,46-48,92H2,1-9H3,(H2,93,111)(H,96,115)(H,97,116)(H,98,113)(H,99,117)(H,100,114)(H,101,118)(H,103,112)(H,104,121)(H2,95,102,120)/b29-20+,49-21+/t50-,51+,52-,61+,62+,63-,64-,65+,66+,67+,70+,71-,72+,76+,77+,89+,90+/m1/s1. The monoisotopic (exact) mass is 1900 g/mol. The van der Waals surface area contributed by atoms with E-state index in [2.05, 4.69) is 58.2 Å². The summed E-state index contributed by atoms with van der Waals surface area (Å²) >= 11 is 6.91. The number of aromatic amines is 1. The second-order valence-corrected chi connectivity index (χ2v) is 38.3. The molecule has 0 saturated carbocycles. The summed E-state index contributed by atoms with van der Waals surface area (Å²) in [4.78, 5) is 195. The van der Waals surface area contributed by atoms with Crippen molar-refractivity contribution in [1.82, 2.24) is 57.7 Å². The molecule has 4 aliphatic rings. The van der Waals surface area contributed by atoms with Gasteiger partial charge in [0.25, 0.3) is 0 Å². The lowest BCUT2D eigenvalue weighted by atomic mass is 9.83. The Morgan fingerprint density at radius 2 is 1.46 bits per heavy atom. The molecule has 5 aromatic carbocycles. The van der Waals surface area contributed by atoms with Gasteiger partial charge in [-0.3, -0.25) is 53.3 Å². The van der Waals surface area contributed by atoms with Crippen molar-refractivity contribution < 1.29 is 101 Å². The van der Waals surface area contributed by atoms with Crippen LogP contribution in [0.5, 0.6) is 11.5 Å². The number of nitrogens with zero attached hydrogens (tertiary/aromatic N) is 2. The van der Waals surface area contributed by atoms with E-state index >= 15 is 14.4 Å². The summed E-state index contributed by atoms with van der Waals surface area (Å²) in [5.41, 5.74) is 13.0. The van der Waals surface area contributed by atoms with Crippen LogP contribution in [-0.2, 0) is 97.4 Å². The number of anilines is 2. The molecule has 10 rings (SSSR count). The summed E-state index contributed by atoms with van der Waals surface area (Å²) in [6.45, 7) is 8.03. The Balaban J connectivity index is 0.872. The summed E-state index contributed by atoms with van der Waals surface area (Å²) in [6.07, 6.45) is -0.703. The number of esters is 1. The molecular formula is C90H114ClN15O21S4. The van der Waals surface area contributed by atoms with Gasteiger partial charge in [-0.25, -0.2) is 14.4 Å². The number of aromatic nitrogens is 1. The number of likely N-dealkylation sites (N-methyl/N-ethyl adjacent to an activating group) is 1. The predicted octanol–water partition coefficient (Wildman–Crippen LogP) is 5.18. The van der Waals surface area contributed by atoms with Gasteiger partial charge in [0, 0.05) is 105 Å². The largest absolute Gasteiger partial charge is 0.508 e. The number of alkyl carbamates (subject to hydrolysis) is 1. The number of para-hydroxylation sites is 2. The lowest BCUT2D eigenvalue weighted by molar-refractivity contribution is -0.162. The topological polar surface area (TPSA) is 527 Å². The van der Waals surface area contributed by atoms with Gasteiger partial charge in [-0.05, 0) is 125 Å². The molecule has 131 heavy (non-hydrogen) atoms. The first-order chi connectivity index (χ1) is 62.5. The molecule has 17 atom stereocenters. The van der Waals surface area contributed by atoms with Crippen molar-refractivity contribution in [2.24, 2.45) is 17.4 Å². The summed E-state index contributed by atoms with van der Waals surface area (Å²) in [5.74, 6) is -11.4. The van der Waals surface area contributed by atoms with Gasteiger partial charge in [0.05, 0.1) is 31.4 Å². The number of H-pyrrole nitrogens is 1. The normalized spacial score (nSPS) is 25.4. The number of ether oxygens (including phenoxy) is 5. The molecule has 706 valence electrons. The number of allylic oxidation sites excluding steroid dienone is 3. The number of methoxy groups -OCH3 is 2. The number of urea groups is 1. The fourth-order valence-electron chi connectivity index (χ4n) is 15.2. The molecule has 1 aromatic heterocycles. The van der Waals surface area contributed by atoms with Crippen LogP contribution in [-0.4, -0.2) is 256 Å². The van der Waals surface area contributed by atoms with Crippen LogP contribution >= 0.6 is 54.8 Å². The third kappa shape index (κ3) is 28.2. The van der Waals surface area contributed by atoms with E-state index in [9.17, 15) is 63.3 Å². The summed E-state index contributed by atoms with van der Waals surface area (Å²) < 4.78 is 29.7. The Morgan fingerprint density at radius 3 is 2.15 bits per heavy atom. The van der Waals surface area contributed by atoms with E-state index in [1.807, 2.05) is 6.92 Å². The van der Waals surface area contributed by atoms with Gasteiger partial charge in [0.2, 0.25) is 59.1 Å². The molecule has 36 nitrogen and oxygen atoms in total. The minimum atomic E-state index is -1.96. The van der Waals surface area contributed by atoms with Crippen LogP contribution in [0.25, 0.3) is 10.9 Å². The highest BCUT2D eigenvalue weighted by atomic mass is 35.5. The van der Waals surface area contributed by atoms with Crippen molar-refractivity contribution in [3.05, 3.63) is 179 Å². The average molecular weight is 1910 g/mol. The number of aliphatic hydroxyl groups is 2. The Bertz CT molecular complexity index is 5120. The molecule has 4 aliphatic heterocycles. The van der Waals surface area contributed by atoms with Crippen LogP contribution in [0.4, 0.5) is 21.0 Å². The molecule has 0 radical (unpaired) electrons. The molecule has 41 heteroatoms. The second-order valence-electron chi connectivity index (χ2n) is 32.8. The fraction of sp³-hybridized carbons (Fsp3) is 0.456. The van der Waals surface area contributed by atoms with Crippen LogP contribution < -0.4 is 74.3 Å². The molecular weight excluding hydrogens is 1790 g/mol. The lowest BCUT2D eigenvalue weighted by Gasteiger charge is -2.42. The number of carbonyl (C=O) groups excluding carboxylic acids is 13. The molecule has 13 amide bonds. The number of fused-ring (bicyclic) bond motifs is 6.